The molecule has 3 N–H and O–H groups in total. The zero-order valence-electron chi connectivity index (χ0n) is 12.7. The highest BCUT2D eigenvalue weighted by Crippen LogP contribution is 2.23. The lowest BCUT2D eigenvalue weighted by atomic mass is 10.1. The maximum Gasteiger partial charge on any atom is 0.255 e. The van der Waals surface area contributed by atoms with E-state index in [9.17, 15) is 4.79 Å². The van der Waals surface area contributed by atoms with E-state index in [1.54, 1.807) is 36.7 Å². The first kappa shape index (κ1) is 19.0. The third-order valence-corrected chi connectivity index (χ3v) is 3.69. The number of nitrogen functional groups attached to an aromatic ring is 1. The number of hydrogen-bond donors (Lipinski definition) is 2. The fraction of sp³-hybridized carbons (Fsp3) is 0. The topological polar surface area (TPSA) is 80.9 Å². The second kappa shape index (κ2) is 8.16. The molecule has 0 unspecified atom stereocenters. The van der Waals surface area contributed by atoms with Crippen LogP contribution in [0, 0.1) is 0 Å². The highest BCUT2D eigenvalue weighted by Gasteiger charge is 2.09. The molecule has 1 amide bonds. The molecule has 0 spiro atoms. The second-order valence-electron chi connectivity index (χ2n) is 5.02. The molecule has 0 radical (unpaired) electrons. The van der Waals surface area contributed by atoms with E-state index >= 15 is 0 Å². The Labute approximate surface area is 160 Å². The maximum atomic E-state index is 12.3. The van der Waals surface area contributed by atoms with Gasteiger partial charge in [-0.15, -0.1) is 12.4 Å². The van der Waals surface area contributed by atoms with Crippen LogP contribution in [0.3, 0.4) is 0 Å². The fourth-order valence-corrected chi connectivity index (χ4v) is 2.68. The lowest BCUT2D eigenvalue weighted by Crippen LogP contribution is -2.11. The summed E-state index contributed by atoms with van der Waals surface area (Å²) in [7, 11) is 0. The normalized spacial score (nSPS) is 10.0. The second-order valence-corrected chi connectivity index (χ2v) is 5.90. The Morgan fingerprint density at radius 2 is 1.60 bits per heavy atom. The van der Waals surface area contributed by atoms with Crippen molar-refractivity contribution in [3.05, 3.63) is 70.5 Å². The largest absolute Gasteiger partial charge is 0.368 e. The minimum absolute atomic E-state index is 0. The van der Waals surface area contributed by atoms with Crippen LogP contribution < -0.4 is 11.1 Å². The molecule has 0 aliphatic carbocycles. The minimum Gasteiger partial charge on any atom is -0.368 e. The average molecular weight is 396 g/mol. The van der Waals surface area contributed by atoms with E-state index in [4.69, 9.17) is 28.9 Å². The summed E-state index contributed by atoms with van der Waals surface area (Å²) in [4.78, 5) is 20.3. The molecule has 1 aromatic heterocycles. The number of benzene rings is 2. The first-order valence-corrected chi connectivity index (χ1v) is 7.72. The molecule has 1 heterocycles. The smallest absolute Gasteiger partial charge is 0.255 e. The number of anilines is 2. The van der Waals surface area contributed by atoms with Gasteiger partial charge >= 0.3 is 0 Å². The van der Waals surface area contributed by atoms with E-state index in [0.717, 1.165) is 11.1 Å². The van der Waals surface area contributed by atoms with Crippen LogP contribution in [0.4, 0.5) is 11.6 Å². The van der Waals surface area contributed by atoms with Crippen molar-refractivity contribution in [3.63, 3.8) is 0 Å². The van der Waals surface area contributed by atoms with Gasteiger partial charge in [0.2, 0.25) is 5.95 Å². The van der Waals surface area contributed by atoms with Crippen LogP contribution in [0.15, 0.2) is 54.9 Å². The average Bonchev–Trinajstić information content (AvgIpc) is 2.55. The van der Waals surface area contributed by atoms with Crippen molar-refractivity contribution in [2.45, 2.75) is 0 Å². The summed E-state index contributed by atoms with van der Waals surface area (Å²) in [6, 6.07) is 12.0. The molecular formula is C17H13Cl3N4O. The predicted molar refractivity (Wildman–Crippen MR) is 104 cm³/mol. The van der Waals surface area contributed by atoms with Crippen LogP contribution in [0.1, 0.15) is 10.4 Å². The van der Waals surface area contributed by atoms with Crippen molar-refractivity contribution in [1.29, 1.82) is 0 Å². The van der Waals surface area contributed by atoms with Crippen molar-refractivity contribution >= 4 is 53.2 Å². The zero-order chi connectivity index (χ0) is 17.1. The van der Waals surface area contributed by atoms with Gasteiger partial charge in [-0.2, -0.15) is 0 Å². The van der Waals surface area contributed by atoms with Gasteiger partial charge in [-0.3, -0.25) is 4.79 Å². The maximum absolute atomic E-state index is 12.3. The number of aromatic nitrogens is 2. The Morgan fingerprint density at radius 1 is 0.960 bits per heavy atom. The number of carbonyl (C=O) groups excluding carboxylic acids is 1. The van der Waals surface area contributed by atoms with Crippen molar-refractivity contribution in [1.82, 2.24) is 9.97 Å². The number of nitrogens with two attached hydrogens (primary N) is 1. The van der Waals surface area contributed by atoms with Gasteiger partial charge in [0.15, 0.2) is 0 Å². The molecule has 3 aromatic rings. The molecule has 128 valence electrons. The third kappa shape index (κ3) is 4.82. The number of rotatable bonds is 3. The number of nitrogens with one attached hydrogen (secondary N) is 1. The molecule has 0 saturated heterocycles. The predicted octanol–water partition coefficient (Wildman–Crippen LogP) is 4.71. The Balaban J connectivity index is 0.00000225. The quantitative estimate of drug-likeness (QED) is 0.673. The molecule has 8 heteroatoms. The van der Waals surface area contributed by atoms with Crippen LogP contribution in [0.25, 0.3) is 11.1 Å². The van der Waals surface area contributed by atoms with Gasteiger partial charge in [0.1, 0.15) is 0 Å². The Kier molecular flexibility index (Phi) is 6.20. The van der Waals surface area contributed by atoms with E-state index < -0.39 is 0 Å². The highest BCUT2D eigenvalue weighted by molar-refractivity contribution is 6.35. The molecule has 25 heavy (non-hydrogen) atoms. The molecule has 2 aromatic carbocycles. The summed E-state index contributed by atoms with van der Waals surface area (Å²) in [6.07, 6.45) is 3.25. The monoisotopic (exact) mass is 394 g/mol. The van der Waals surface area contributed by atoms with E-state index in [1.165, 1.54) is 0 Å². The molecule has 0 fully saturated rings. The number of carbonyl (C=O) groups is 1. The van der Waals surface area contributed by atoms with Gasteiger partial charge in [-0.1, -0.05) is 35.3 Å². The van der Waals surface area contributed by atoms with Crippen molar-refractivity contribution in [2.24, 2.45) is 0 Å². The van der Waals surface area contributed by atoms with Crippen molar-refractivity contribution in [3.8, 4) is 11.1 Å². The van der Waals surface area contributed by atoms with Crippen molar-refractivity contribution < 1.29 is 4.79 Å². The summed E-state index contributed by atoms with van der Waals surface area (Å²) >= 11 is 11.9. The Hall–Kier alpha value is -2.34. The van der Waals surface area contributed by atoms with Crippen LogP contribution in [0.2, 0.25) is 10.0 Å². The summed E-state index contributed by atoms with van der Waals surface area (Å²) in [5.41, 5.74) is 8.16. The standard InChI is InChI=1S/C17H12Cl2N4O.ClH/c18-13-4-11(5-14(19)7-13)16(24)23-15-3-1-2-10(6-15)12-8-21-17(20)22-9-12;/h1-9H,(H,23,24)(H2,20,21,22);1H. The molecule has 0 aliphatic rings. The van der Waals surface area contributed by atoms with Crippen molar-refractivity contribution in [2.75, 3.05) is 11.1 Å². The lowest BCUT2D eigenvalue weighted by Gasteiger charge is -2.08. The van der Waals surface area contributed by atoms with Crippen LogP contribution in [0.5, 0.6) is 0 Å². The number of nitrogens with zero attached hydrogens (tertiary/aromatic N) is 2. The third-order valence-electron chi connectivity index (χ3n) is 3.25. The molecule has 0 aliphatic heterocycles. The summed E-state index contributed by atoms with van der Waals surface area (Å²) in [6.45, 7) is 0. The van der Waals surface area contributed by atoms with Crippen LogP contribution in [-0.4, -0.2) is 15.9 Å². The van der Waals surface area contributed by atoms with Crippen LogP contribution in [-0.2, 0) is 0 Å². The van der Waals surface area contributed by atoms with Gasteiger partial charge in [0.25, 0.3) is 5.91 Å². The summed E-state index contributed by atoms with van der Waals surface area (Å²) < 4.78 is 0. The molecule has 5 nitrogen and oxygen atoms in total. The molecule has 0 saturated carbocycles. The number of halogens is 3. The molecule has 0 atom stereocenters. The summed E-state index contributed by atoms with van der Waals surface area (Å²) in [5.74, 6) is -0.0915. The van der Waals surface area contributed by atoms with Gasteiger partial charge in [0.05, 0.1) is 0 Å². The molecule has 3 rings (SSSR count). The lowest BCUT2D eigenvalue weighted by molar-refractivity contribution is 0.102. The fourth-order valence-electron chi connectivity index (χ4n) is 2.15. The number of amides is 1. The molecule has 0 bridgehead atoms. The molecular weight excluding hydrogens is 383 g/mol. The van der Waals surface area contributed by atoms with Gasteiger partial charge in [0, 0.05) is 39.3 Å². The van der Waals surface area contributed by atoms with E-state index in [1.807, 2.05) is 18.2 Å². The summed E-state index contributed by atoms with van der Waals surface area (Å²) in [5, 5.41) is 3.62. The first-order chi connectivity index (χ1) is 11.5. The highest BCUT2D eigenvalue weighted by atomic mass is 35.5. The van der Waals surface area contributed by atoms with Gasteiger partial charge < -0.3 is 11.1 Å². The van der Waals surface area contributed by atoms with Gasteiger partial charge in [-0.05, 0) is 35.9 Å². The number of hydrogen-bond acceptors (Lipinski definition) is 4. The minimum atomic E-state index is -0.301. The zero-order valence-corrected chi connectivity index (χ0v) is 15.1. The van der Waals surface area contributed by atoms with E-state index in [-0.39, 0.29) is 24.3 Å². The first-order valence-electron chi connectivity index (χ1n) is 6.97. The van der Waals surface area contributed by atoms with E-state index in [0.29, 0.717) is 21.3 Å². The SMILES string of the molecule is Cl.Nc1ncc(-c2cccc(NC(=O)c3cc(Cl)cc(Cl)c3)c2)cn1. The Bertz CT molecular complexity index is 880. The van der Waals surface area contributed by atoms with Gasteiger partial charge in [-0.25, -0.2) is 9.97 Å². The van der Waals surface area contributed by atoms with E-state index in [2.05, 4.69) is 15.3 Å². The Morgan fingerprint density at radius 3 is 2.24 bits per heavy atom. The van der Waals surface area contributed by atoms with Crippen LogP contribution >= 0.6 is 35.6 Å².